The topological polar surface area (TPSA) is 19.0 Å². The molecule has 3 aliphatic heterocycles. The summed E-state index contributed by atoms with van der Waals surface area (Å²) < 4.78 is 5.49. The highest BCUT2D eigenvalue weighted by molar-refractivity contribution is 5.54. The van der Waals surface area contributed by atoms with Gasteiger partial charge in [-0.1, -0.05) is 18.2 Å². The summed E-state index contributed by atoms with van der Waals surface area (Å²) in [6.45, 7) is 11.4. The number of ether oxygens (including phenoxy) is 1. The lowest BCUT2D eigenvalue weighted by Crippen LogP contribution is -2.39. The van der Waals surface area contributed by atoms with E-state index < -0.39 is 0 Å². The lowest BCUT2D eigenvalue weighted by Gasteiger charge is -2.37. The van der Waals surface area contributed by atoms with Crippen LogP contribution in [0.5, 0.6) is 0 Å². The zero-order chi connectivity index (χ0) is 16.9. The minimum absolute atomic E-state index is 0.879. The number of likely N-dealkylation sites (tertiary alicyclic amines) is 1. The van der Waals surface area contributed by atoms with Gasteiger partial charge < -0.3 is 14.5 Å². The third kappa shape index (κ3) is 4.55. The lowest BCUT2D eigenvalue weighted by molar-refractivity contribution is 0.0342. The molecule has 0 amide bonds. The summed E-state index contributed by atoms with van der Waals surface area (Å²) in [5, 5.41) is 0. The Morgan fingerprint density at radius 3 is 2.32 bits per heavy atom. The Morgan fingerprint density at radius 2 is 1.56 bits per heavy atom. The molecule has 1 aromatic rings. The molecule has 0 aromatic heterocycles. The SMILES string of the molecule is c1ccc(N2CCC(CN3CCCC3)CC2)c(CN2CCOCC2)c1. The highest BCUT2D eigenvalue weighted by Crippen LogP contribution is 2.28. The Bertz CT molecular complexity index is 530. The highest BCUT2D eigenvalue weighted by atomic mass is 16.5. The van der Waals surface area contributed by atoms with Gasteiger partial charge in [0.05, 0.1) is 13.2 Å². The number of benzene rings is 1. The van der Waals surface area contributed by atoms with Gasteiger partial charge in [-0.2, -0.15) is 0 Å². The molecule has 0 saturated carbocycles. The van der Waals surface area contributed by atoms with Crippen LogP contribution in [0, 0.1) is 5.92 Å². The smallest absolute Gasteiger partial charge is 0.0594 e. The number of anilines is 1. The molecule has 4 nitrogen and oxygen atoms in total. The summed E-state index contributed by atoms with van der Waals surface area (Å²) in [5.41, 5.74) is 2.95. The second kappa shape index (κ2) is 8.52. The molecule has 0 aliphatic carbocycles. The molecular formula is C21H33N3O. The zero-order valence-electron chi connectivity index (χ0n) is 15.5. The van der Waals surface area contributed by atoms with Crippen molar-refractivity contribution in [1.29, 1.82) is 0 Å². The van der Waals surface area contributed by atoms with Gasteiger partial charge in [-0.3, -0.25) is 4.90 Å². The average molecular weight is 344 g/mol. The maximum Gasteiger partial charge on any atom is 0.0594 e. The van der Waals surface area contributed by atoms with Gasteiger partial charge in [-0.15, -0.1) is 0 Å². The molecule has 0 atom stereocenters. The van der Waals surface area contributed by atoms with E-state index in [9.17, 15) is 0 Å². The monoisotopic (exact) mass is 343 g/mol. The molecule has 4 heteroatoms. The molecule has 3 aliphatic rings. The standard InChI is InChI=1S/C21H33N3O/c1-2-6-21(20(5-1)18-23-13-15-25-16-14-23)24-11-7-19(8-12-24)17-22-9-3-4-10-22/h1-2,5-6,19H,3-4,7-18H2. The van der Waals surface area contributed by atoms with Gasteiger partial charge in [0.1, 0.15) is 0 Å². The molecule has 0 N–H and O–H groups in total. The first kappa shape index (κ1) is 17.3. The van der Waals surface area contributed by atoms with Crippen molar-refractivity contribution in [3.05, 3.63) is 29.8 Å². The van der Waals surface area contributed by atoms with Crippen LogP contribution in [-0.4, -0.2) is 68.8 Å². The second-order valence-corrected chi connectivity index (χ2v) is 7.96. The van der Waals surface area contributed by atoms with E-state index in [1.54, 1.807) is 0 Å². The summed E-state index contributed by atoms with van der Waals surface area (Å²) in [6.07, 6.45) is 5.52. The second-order valence-electron chi connectivity index (χ2n) is 7.96. The summed E-state index contributed by atoms with van der Waals surface area (Å²) >= 11 is 0. The molecule has 0 unspecified atom stereocenters. The van der Waals surface area contributed by atoms with Crippen LogP contribution in [-0.2, 0) is 11.3 Å². The third-order valence-electron chi connectivity index (χ3n) is 6.16. The number of morpholine rings is 1. The van der Waals surface area contributed by atoms with E-state index in [0.29, 0.717) is 0 Å². The first-order valence-electron chi connectivity index (χ1n) is 10.2. The van der Waals surface area contributed by atoms with Crippen LogP contribution in [0.3, 0.4) is 0 Å². The van der Waals surface area contributed by atoms with Crippen LogP contribution in [0.4, 0.5) is 5.69 Å². The van der Waals surface area contributed by atoms with Gasteiger partial charge in [0.2, 0.25) is 0 Å². The Labute approximate surface area is 152 Å². The Kier molecular flexibility index (Phi) is 5.90. The van der Waals surface area contributed by atoms with Crippen molar-refractivity contribution in [3.8, 4) is 0 Å². The largest absolute Gasteiger partial charge is 0.379 e. The van der Waals surface area contributed by atoms with E-state index in [2.05, 4.69) is 39.0 Å². The Balaban J connectivity index is 1.34. The fraction of sp³-hybridized carbons (Fsp3) is 0.714. The summed E-state index contributed by atoms with van der Waals surface area (Å²) in [6, 6.07) is 9.05. The minimum Gasteiger partial charge on any atom is -0.379 e. The first-order valence-corrected chi connectivity index (χ1v) is 10.2. The van der Waals surface area contributed by atoms with Crippen molar-refractivity contribution in [2.24, 2.45) is 5.92 Å². The van der Waals surface area contributed by atoms with E-state index in [0.717, 1.165) is 38.8 Å². The molecule has 3 fully saturated rings. The number of piperidine rings is 1. The number of para-hydroxylation sites is 1. The number of rotatable bonds is 5. The average Bonchev–Trinajstić information content (AvgIpc) is 3.17. The van der Waals surface area contributed by atoms with E-state index in [1.807, 2.05) is 0 Å². The maximum absolute atomic E-state index is 5.49. The van der Waals surface area contributed by atoms with Crippen LogP contribution in [0.25, 0.3) is 0 Å². The molecule has 3 heterocycles. The third-order valence-corrected chi connectivity index (χ3v) is 6.16. The first-order chi connectivity index (χ1) is 12.4. The summed E-state index contributed by atoms with van der Waals surface area (Å²) in [5.74, 6) is 0.903. The van der Waals surface area contributed by atoms with Gasteiger partial charge in [0.15, 0.2) is 0 Å². The van der Waals surface area contributed by atoms with Crippen molar-refractivity contribution >= 4 is 5.69 Å². The lowest BCUT2D eigenvalue weighted by atomic mass is 9.95. The number of hydrogen-bond donors (Lipinski definition) is 0. The minimum atomic E-state index is 0.879. The molecule has 0 radical (unpaired) electrons. The maximum atomic E-state index is 5.49. The predicted octanol–water partition coefficient (Wildman–Crippen LogP) is 2.83. The molecular weight excluding hydrogens is 310 g/mol. The van der Waals surface area contributed by atoms with Crippen LogP contribution in [0.15, 0.2) is 24.3 Å². The summed E-state index contributed by atoms with van der Waals surface area (Å²) in [7, 11) is 0. The molecule has 3 saturated heterocycles. The van der Waals surface area contributed by atoms with Crippen LogP contribution < -0.4 is 4.90 Å². The van der Waals surface area contributed by atoms with Crippen LogP contribution >= 0.6 is 0 Å². The molecule has 0 bridgehead atoms. The fourth-order valence-corrected chi connectivity index (χ4v) is 4.64. The zero-order valence-corrected chi connectivity index (χ0v) is 15.5. The molecule has 0 spiro atoms. The van der Waals surface area contributed by atoms with Gasteiger partial charge in [0.25, 0.3) is 0 Å². The van der Waals surface area contributed by atoms with Crippen molar-refractivity contribution in [2.45, 2.75) is 32.2 Å². The molecule has 25 heavy (non-hydrogen) atoms. The van der Waals surface area contributed by atoms with Crippen LogP contribution in [0.2, 0.25) is 0 Å². The predicted molar refractivity (Wildman–Crippen MR) is 103 cm³/mol. The van der Waals surface area contributed by atoms with Gasteiger partial charge in [-0.25, -0.2) is 0 Å². The molecule has 1 aromatic carbocycles. The summed E-state index contributed by atoms with van der Waals surface area (Å²) in [4.78, 5) is 7.85. The van der Waals surface area contributed by atoms with Gasteiger partial charge in [0, 0.05) is 45.0 Å². The van der Waals surface area contributed by atoms with E-state index >= 15 is 0 Å². The highest BCUT2D eigenvalue weighted by Gasteiger charge is 2.24. The van der Waals surface area contributed by atoms with Gasteiger partial charge >= 0.3 is 0 Å². The quantitative estimate of drug-likeness (QED) is 0.818. The number of nitrogens with zero attached hydrogens (tertiary/aromatic N) is 3. The normalized spacial score (nSPS) is 24.1. The van der Waals surface area contributed by atoms with E-state index in [4.69, 9.17) is 4.74 Å². The Morgan fingerprint density at radius 1 is 0.840 bits per heavy atom. The van der Waals surface area contributed by atoms with E-state index in [-0.39, 0.29) is 0 Å². The number of hydrogen-bond acceptors (Lipinski definition) is 4. The Hall–Kier alpha value is -1.10. The van der Waals surface area contributed by atoms with Crippen molar-refractivity contribution in [1.82, 2.24) is 9.80 Å². The molecule has 4 rings (SSSR count). The van der Waals surface area contributed by atoms with Crippen molar-refractivity contribution in [3.63, 3.8) is 0 Å². The van der Waals surface area contributed by atoms with Gasteiger partial charge in [-0.05, 0) is 56.3 Å². The van der Waals surface area contributed by atoms with Crippen LogP contribution in [0.1, 0.15) is 31.2 Å². The van der Waals surface area contributed by atoms with Crippen molar-refractivity contribution < 1.29 is 4.74 Å². The molecule has 138 valence electrons. The fourth-order valence-electron chi connectivity index (χ4n) is 4.64. The van der Waals surface area contributed by atoms with Crippen molar-refractivity contribution in [2.75, 3.05) is 63.9 Å². The van der Waals surface area contributed by atoms with E-state index in [1.165, 1.54) is 69.7 Å².